The summed E-state index contributed by atoms with van der Waals surface area (Å²) in [6, 6.07) is 14.8. The summed E-state index contributed by atoms with van der Waals surface area (Å²) < 4.78 is 5.24. The first-order valence-corrected chi connectivity index (χ1v) is 8.91. The third kappa shape index (κ3) is 3.60. The minimum Gasteiger partial charge on any atom is -0.461 e. The molecule has 6 heteroatoms. The number of carbonyl (C=O) groups is 1. The van der Waals surface area contributed by atoms with Gasteiger partial charge in [0, 0.05) is 28.0 Å². The molecule has 0 aliphatic carbocycles. The van der Waals surface area contributed by atoms with E-state index in [1.165, 1.54) is 0 Å². The van der Waals surface area contributed by atoms with Gasteiger partial charge in [0.1, 0.15) is 5.69 Å². The van der Waals surface area contributed by atoms with Crippen LogP contribution in [-0.4, -0.2) is 35.8 Å². The average molecular weight is 373 g/mol. The maximum atomic E-state index is 12.6. The van der Waals surface area contributed by atoms with Gasteiger partial charge in [-0.3, -0.25) is 0 Å². The number of aliphatic hydroxyl groups excluding tert-OH is 1. The van der Waals surface area contributed by atoms with E-state index in [0.29, 0.717) is 17.3 Å². The van der Waals surface area contributed by atoms with Crippen molar-refractivity contribution in [3.8, 4) is 0 Å². The SMILES string of the molecule is CCOC(=O)c1[nH]c2ccccc2c1[C@H](NCCO)c1ccccc1Cl. The fourth-order valence-electron chi connectivity index (χ4n) is 3.11. The van der Waals surface area contributed by atoms with Crippen molar-refractivity contribution in [3.63, 3.8) is 0 Å². The van der Waals surface area contributed by atoms with Gasteiger partial charge in [-0.1, -0.05) is 48.0 Å². The Morgan fingerprint density at radius 3 is 2.69 bits per heavy atom. The quantitative estimate of drug-likeness (QED) is 0.553. The number of nitrogens with one attached hydrogen (secondary N) is 2. The predicted molar refractivity (Wildman–Crippen MR) is 103 cm³/mol. The van der Waals surface area contributed by atoms with E-state index in [1.54, 1.807) is 6.92 Å². The van der Waals surface area contributed by atoms with Crippen molar-refractivity contribution in [3.05, 3.63) is 70.4 Å². The van der Waals surface area contributed by atoms with Crippen LogP contribution in [0, 0.1) is 0 Å². The lowest BCUT2D eigenvalue weighted by atomic mass is 9.95. The van der Waals surface area contributed by atoms with Gasteiger partial charge in [-0.25, -0.2) is 4.79 Å². The summed E-state index contributed by atoms with van der Waals surface area (Å²) in [5.74, 6) is -0.415. The van der Waals surface area contributed by atoms with Gasteiger partial charge in [-0.2, -0.15) is 0 Å². The Bertz CT molecular complexity index is 907. The fraction of sp³-hybridized carbons (Fsp3) is 0.250. The topological polar surface area (TPSA) is 74.4 Å². The molecule has 26 heavy (non-hydrogen) atoms. The number of halogens is 1. The Morgan fingerprint density at radius 2 is 1.96 bits per heavy atom. The number of hydrogen-bond donors (Lipinski definition) is 3. The second kappa shape index (κ2) is 8.36. The molecule has 0 aliphatic heterocycles. The summed E-state index contributed by atoms with van der Waals surface area (Å²) >= 11 is 6.43. The van der Waals surface area contributed by atoms with Crippen LogP contribution in [0.4, 0.5) is 0 Å². The summed E-state index contributed by atoms with van der Waals surface area (Å²) in [5.41, 5.74) is 2.83. The molecular formula is C20H21ClN2O3. The molecular weight excluding hydrogens is 352 g/mol. The van der Waals surface area contributed by atoms with Crippen molar-refractivity contribution in [2.24, 2.45) is 0 Å². The number of rotatable bonds is 7. The highest BCUT2D eigenvalue weighted by Gasteiger charge is 2.27. The monoisotopic (exact) mass is 372 g/mol. The minimum absolute atomic E-state index is 0.0297. The van der Waals surface area contributed by atoms with Crippen molar-refractivity contribution < 1.29 is 14.6 Å². The van der Waals surface area contributed by atoms with Crippen LogP contribution in [0.25, 0.3) is 10.9 Å². The first-order chi connectivity index (χ1) is 12.7. The molecule has 3 N–H and O–H groups in total. The van der Waals surface area contributed by atoms with Crippen molar-refractivity contribution in [1.29, 1.82) is 0 Å². The lowest BCUT2D eigenvalue weighted by Crippen LogP contribution is -2.27. The van der Waals surface area contributed by atoms with Gasteiger partial charge in [0.05, 0.1) is 19.3 Å². The van der Waals surface area contributed by atoms with E-state index >= 15 is 0 Å². The molecule has 0 bridgehead atoms. The van der Waals surface area contributed by atoms with E-state index in [0.717, 1.165) is 22.0 Å². The third-order valence-corrected chi connectivity index (χ3v) is 4.54. The second-order valence-electron chi connectivity index (χ2n) is 5.81. The normalized spacial score (nSPS) is 12.3. The number of aliphatic hydroxyl groups is 1. The molecule has 5 nitrogen and oxygen atoms in total. The Labute approximate surface area is 156 Å². The second-order valence-corrected chi connectivity index (χ2v) is 6.22. The van der Waals surface area contributed by atoms with Crippen LogP contribution >= 0.6 is 11.6 Å². The highest BCUT2D eigenvalue weighted by atomic mass is 35.5. The van der Waals surface area contributed by atoms with Crippen molar-refractivity contribution in [1.82, 2.24) is 10.3 Å². The lowest BCUT2D eigenvalue weighted by molar-refractivity contribution is 0.0518. The molecule has 0 unspecified atom stereocenters. The molecule has 0 amide bonds. The molecule has 3 rings (SSSR count). The summed E-state index contributed by atoms with van der Waals surface area (Å²) in [7, 11) is 0. The summed E-state index contributed by atoms with van der Waals surface area (Å²) in [5, 5.41) is 14.1. The van der Waals surface area contributed by atoms with Crippen molar-refractivity contribution in [2.45, 2.75) is 13.0 Å². The molecule has 1 atom stereocenters. The molecule has 136 valence electrons. The smallest absolute Gasteiger partial charge is 0.355 e. The molecule has 3 aromatic rings. The number of hydrogen-bond acceptors (Lipinski definition) is 4. The first kappa shape index (κ1) is 18.5. The van der Waals surface area contributed by atoms with E-state index in [4.69, 9.17) is 16.3 Å². The molecule has 1 heterocycles. The first-order valence-electron chi connectivity index (χ1n) is 8.53. The van der Waals surface area contributed by atoms with E-state index in [-0.39, 0.29) is 19.3 Å². The van der Waals surface area contributed by atoms with Gasteiger partial charge in [0.15, 0.2) is 0 Å². The Kier molecular flexibility index (Phi) is 5.93. The molecule has 0 aliphatic rings. The Balaban J connectivity index is 2.22. The van der Waals surface area contributed by atoms with E-state index < -0.39 is 5.97 Å². The van der Waals surface area contributed by atoms with Gasteiger partial charge in [0.2, 0.25) is 0 Å². The molecule has 1 aromatic heterocycles. The van der Waals surface area contributed by atoms with Crippen molar-refractivity contribution in [2.75, 3.05) is 19.8 Å². The zero-order valence-electron chi connectivity index (χ0n) is 14.5. The Hall–Kier alpha value is -2.34. The maximum Gasteiger partial charge on any atom is 0.355 e. The van der Waals surface area contributed by atoms with Gasteiger partial charge in [-0.05, 0) is 24.6 Å². The summed E-state index contributed by atoms with van der Waals surface area (Å²) in [4.78, 5) is 15.7. The van der Waals surface area contributed by atoms with Crippen molar-refractivity contribution >= 4 is 28.5 Å². The summed E-state index contributed by atoms with van der Waals surface area (Å²) in [6.07, 6.45) is 0. The number of ether oxygens (including phenoxy) is 1. The van der Waals surface area contributed by atoms with Gasteiger partial charge < -0.3 is 20.1 Å². The predicted octanol–water partition coefficient (Wildman–Crippen LogP) is 3.67. The lowest BCUT2D eigenvalue weighted by Gasteiger charge is -2.21. The summed E-state index contributed by atoms with van der Waals surface area (Å²) in [6.45, 7) is 2.39. The number of aromatic nitrogens is 1. The number of benzene rings is 2. The van der Waals surface area contributed by atoms with Crippen LogP contribution in [-0.2, 0) is 4.74 Å². The minimum atomic E-state index is -0.415. The van der Waals surface area contributed by atoms with Gasteiger partial charge in [-0.15, -0.1) is 0 Å². The Morgan fingerprint density at radius 1 is 1.23 bits per heavy atom. The zero-order chi connectivity index (χ0) is 18.5. The van der Waals surface area contributed by atoms with E-state index in [1.807, 2.05) is 48.5 Å². The highest BCUT2D eigenvalue weighted by molar-refractivity contribution is 6.31. The molecule has 2 aromatic carbocycles. The number of aromatic amines is 1. The molecule has 0 saturated heterocycles. The number of para-hydroxylation sites is 1. The molecule has 0 radical (unpaired) electrons. The van der Waals surface area contributed by atoms with Crippen LogP contribution in [0.2, 0.25) is 5.02 Å². The van der Waals surface area contributed by atoms with Crippen LogP contribution in [0.5, 0.6) is 0 Å². The largest absolute Gasteiger partial charge is 0.461 e. The van der Waals surface area contributed by atoms with E-state index in [2.05, 4.69) is 10.3 Å². The molecule has 0 fully saturated rings. The average Bonchev–Trinajstić information content (AvgIpc) is 3.03. The maximum absolute atomic E-state index is 12.6. The number of esters is 1. The standard InChI is InChI=1S/C20H21ClN2O3/c1-2-26-20(25)19-17(14-8-4-6-10-16(14)23-19)18(22-11-12-24)13-7-3-5-9-15(13)21/h3-10,18,22-24H,2,11-12H2,1H3/t18-/m1/s1. The van der Waals surface area contributed by atoms with Crippen LogP contribution in [0.15, 0.2) is 48.5 Å². The van der Waals surface area contributed by atoms with Crippen LogP contribution < -0.4 is 5.32 Å². The zero-order valence-corrected chi connectivity index (χ0v) is 15.2. The van der Waals surface area contributed by atoms with Crippen LogP contribution in [0.1, 0.15) is 34.6 Å². The highest BCUT2D eigenvalue weighted by Crippen LogP contribution is 2.35. The number of carbonyl (C=O) groups excluding carboxylic acids is 1. The van der Waals surface area contributed by atoms with Gasteiger partial charge >= 0.3 is 5.97 Å². The van der Waals surface area contributed by atoms with Gasteiger partial charge in [0.25, 0.3) is 0 Å². The number of fused-ring (bicyclic) bond motifs is 1. The fourth-order valence-corrected chi connectivity index (χ4v) is 3.36. The number of H-pyrrole nitrogens is 1. The van der Waals surface area contributed by atoms with E-state index in [9.17, 15) is 9.90 Å². The van der Waals surface area contributed by atoms with Crippen LogP contribution in [0.3, 0.4) is 0 Å². The molecule has 0 saturated carbocycles. The molecule has 0 spiro atoms. The third-order valence-electron chi connectivity index (χ3n) is 4.19.